The third kappa shape index (κ3) is 4.39. The van der Waals surface area contributed by atoms with E-state index < -0.39 is 15.8 Å². The van der Waals surface area contributed by atoms with Gasteiger partial charge in [-0.2, -0.15) is 4.31 Å². The minimum atomic E-state index is -3.69. The van der Waals surface area contributed by atoms with E-state index >= 15 is 0 Å². The van der Waals surface area contributed by atoms with Gasteiger partial charge in [0, 0.05) is 19.6 Å². The normalized spacial score (nSPS) is 12.1. The molecule has 0 saturated carbocycles. The average Bonchev–Trinajstić information content (AvgIpc) is 2.45. The molecule has 1 aromatic carbocycles. The molecule has 1 rings (SSSR count). The number of halogens is 2. The molecule has 0 aliphatic rings. The van der Waals surface area contributed by atoms with Gasteiger partial charge in [0.2, 0.25) is 10.0 Å². The summed E-state index contributed by atoms with van der Waals surface area (Å²) in [6, 6.07) is 2.44. The Labute approximate surface area is 131 Å². The number of hydrogen-bond acceptors (Lipinski definition) is 3. The van der Waals surface area contributed by atoms with Crippen molar-refractivity contribution in [1.29, 1.82) is 0 Å². The van der Waals surface area contributed by atoms with Gasteiger partial charge in [0.1, 0.15) is 5.82 Å². The molecule has 0 fully saturated rings. The standard InChI is InChI=1S/C14H22ClFN2O2S/c1-4-7-18(6-3)21(19,20)12-8-11(10-17-5-2)14(15)13(16)9-12/h8-9,17H,4-7,10H2,1-3H3. The molecule has 0 amide bonds. The Balaban J connectivity index is 3.26. The van der Waals surface area contributed by atoms with Crippen molar-refractivity contribution in [2.75, 3.05) is 19.6 Å². The van der Waals surface area contributed by atoms with E-state index in [9.17, 15) is 12.8 Å². The van der Waals surface area contributed by atoms with Crippen LogP contribution in [0.3, 0.4) is 0 Å². The van der Waals surface area contributed by atoms with Gasteiger partial charge in [-0.25, -0.2) is 12.8 Å². The lowest BCUT2D eigenvalue weighted by Crippen LogP contribution is -2.31. The molecule has 0 bridgehead atoms. The van der Waals surface area contributed by atoms with Gasteiger partial charge >= 0.3 is 0 Å². The van der Waals surface area contributed by atoms with E-state index in [0.717, 1.165) is 6.07 Å². The molecule has 120 valence electrons. The summed E-state index contributed by atoms with van der Waals surface area (Å²) < 4.78 is 40.3. The monoisotopic (exact) mass is 336 g/mol. The van der Waals surface area contributed by atoms with Crippen LogP contribution in [0.1, 0.15) is 32.8 Å². The molecule has 1 N–H and O–H groups in total. The summed E-state index contributed by atoms with van der Waals surface area (Å²) >= 11 is 5.90. The zero-order valence-electron chi connectivity index (χ0n) is 12.6. The van der Waals surface area contributed by atoms with Crippen LogP contribution in [0.2, 0.25) is 5.02 Å². The van der Waals surface area contributed by atoms with Crippen LogP contribution in [0.15, 0.2) is 17.0 Å². The highest BCUT2D eigenvalue weighted by molar-refractivity contribution is 7.89. The number of hydrogen-bond donors (Lipinski definition) is 1. The van der Waals surface area contributed by atoms with Crippen molar-refractivity contribution in [2.45, 2.75) is 38.6 Å². The number of rotatable bonds is 8. The Hall–Kier alpha value is -0.690. The maximum atomic E-state index is 13.9. The van der Waals surface area contributed by atoms with Gasteiger partial charge in [0.05, 0.1) is 9.92 Å². The van der Waals surface area contributed by atoms with Crippen molar-refractivity contribution >= 4 is 21.6 Å². The van der Waals surface area contributed by atoms with E-state index in [1.54, 1.807) is 6.92 Å². The number of benzene rings is 1. The zero-order chi connectivity index (χ0) is 16.0. The van der Waals surface area contributed by atoms with Crippen LogP contribution in [0.25, 0.3) is 0 Å². The maximum absolute atomic E-state index is 13.9. The molecule has 0 atom stereocenters. The predicted octanol–water partition coefficient (Wildman–Crippen LogP) is 3.01. The smallest absolute Gasteiger partial charge is 0.243 e. The fourth-order valence-electron chi connectivity index (χ4n) is 2.00. The number of sulfonamides is 1. The minimum Gasteiger partial charge on any atom is -0.313 e. The van der Waals surface area contributed by atoms with Crippen LogP contribution in [-0.4, -0.2) is 32.4 Å². The summed E-state index contributed by atoms with van der Waals surface area (Å²) in [5.41, 5.74) is 0.449. The molecule has 0 heterocycles. The van der Waals surface area contributed by atoms with Crippen molar-refractivity contribution in [2.24, 2.45) is 0 Å². The molecule has 0 unspecified atom stereocenters. The molecular weight excluding hydrogens is 315 g/mol. The van der Waals surface area contributed by atoms with E-state index in [0.29, 0.717) is 38.2 Å². The summed E-state index contributed by atoms with van der Waals surface area (Å²) in [5.74, 6) is -0.710. The van der Waals surface area contributed by atoms with Gasteiger partial charge < -0.3 is 5.32 Å². The summed E-state index contributed by atoms with van der Waals surface area (Å²) in [7, 11) is -3.69. The summed E-state index contributed by atoms with van der Waals surface area (Å²) in [4.78, 5) is -0.0485. The molecule has 21 heavy (non-hydrogen) atoms. The Morgan fingerprint density at radius 3 is 2.48 bits per heavy atom. The van der Waals surface area contributed by atoms with E-state index in [2.05, 4.69) is 5.32 Å². The lowest BCUT2D eigenvalue weighted by molar-refractivity contribution is 0.426. The fourth-order valence-corrected chi connectivity index (χ4v) is 3.78. The molecule has 0 aromatic heterocycles. The molecule has 7 heteroatoms. The average molecular weight is 337 g/mol. The van der Waals surface area contributed by atoms with E-state index in [4.69, 9.17) is 11.6 Å². The summed E-state index contributed by atoms with van der Waals surface area (Å²) in [6.07, 6.45) is 0.702. The first kappa shape index (κ1) is 18.4. The third-order valence-corrected chi connectivity index (χ3v) is 5.48. The Morgan fingerprint density at radius 2 is 1.95 bits per heavy atom. The summed E-state index contributed by atoms with van der Waals surface area (Å²) in [5, 5.41) is 2.99. The number of nitrogens with one attached hydrogen (secondary N) is 1. The highest BCUT2D eigenvalue weighted by Gasteiger charge is 2.24. The first-order chi connectivity index (χ1) is 9.88. The second-order valence-corrected chi connectivity index (χ2v) is 6.97. The van der Waals surface area contributed by atoms with Crippen LogP contribution < -0.4 is 5.32 Å². The fraction of sp³-hybridized carbons (Fsp3) is 0.571. The van der Waals surface area contributed by atoms with Gasteiger partial charge in [-0.15, -0.1) is 0 Å². The lowest BCUT2D eigenvalue weighted by Gasteiger charge is -2.20. The first-order valence-corrected chi connectivity index (χ1v) is 8.89. The topological polar surface area (TPSA) is 49.4 Å². The van der Waals surface area contributed by atoms with Crippen LogP contribution in [0.5, 0.6) is 0 Å². The van der Waals surface area contributed by atoms with Crippen molar-refractivity contribution in [3.63, 3.8) is 0 Å². The third-order valence-electron chi connectivity index (χ3n) is 3.11. The SMILES string of the molecule is CCCN(CC)S(=O)(=O)c1cc(F)c(Cl)c(CNCC)c1. The molecule has 0 aliphatic carbocycles. The van der Waals surface area contributed by atoms with Gasteiger partial charge in [0.25, 0.3) is 0 Å². The molecule has 0 saturated heterocycles. The lowest BCUT2D eigenvalue weighted by atomic mass is 10.2. The second-order valence-electron chi connectivity index (χ2n) is 4.66. The van der Waals surface area contributed by atoms with Crippen molar-refractivity contribution in [1.82, 2.24) is 9.62 Å². The highest BCUT2D eigenvalue weighted by atomic mass is 35.5. The molecule has 0 radical (unpaired) electrons. The molecule has 0 spiro atoms. The van der Waals surface area contributed by atoms with E-state index in [1.807, 2.05) is 13.8 Å². The van der Waals surface area contributed by atoms with Crippen LogP contribution >= 0.6 is 11.6 Å². The predicted molar refractivity (Wildman–Crippen MR) is 83.5 cm³/mol. The largest absolute Gasteiger partial charge is 0.313 e. The van der Waals surface area contributed by atoms with Gasteiger partial charge in [-0.3, -0.25) is 0 Å². The Bertz CT molecular complexity index is 579. The van der Waals surface area contributed by atoms with Gasteiger partial charge in [-0.1, -0.05) is 32.4 Å². The molecule has 0 aliphatic heterocycles. The van der Waals surface area contributed by atoms with E-state index in [1.165, 1.54) is 10.4 Å². The van der Waals surface area contributed by atoms with Crippen molar-refractivity contribution in [3.05, 3.63) is 28.5 Å². The quantitative estimate of drug-likeness (QED) is 0.794. The van der Waals surface area contributed by atoms with Gasteiger partial charge in [-0.05, 0) is 30.7 Å². The van der Waals surface area contributed by atoms with Crippen molar-refractivity contribution in [3.8, 4) is 0 Å². The van der Waals surface area contributed by atoms with Crippen LogP contribution in [0, 0.1) is 5.82 Å². The maximum Gasteiger partial charge on any atom is 0.243 e. The molecular formula is C14H22ClFN2O2S. The number of nitrogens with zero attached hydrogens (tertiary/aromatic N) is 1. The van der Waals surface area contributed by atoms with Crippen molar-refractivity contribution < 1.29 is 12.8 Å². The zero-order valence-corrected chi connectivity index (χ0v) is 14.2. The Kier molecular flexibility index (Phi) is 7.06. The van der Waals surface area contributed by atoms with E-state index in [-0.39, 0.29) is 9.92 Å². The highest BCUT2D eigenvalue weighted by Crippen LogP contribution is 2.26. The molecule has 1 aromatic rings. The van der Waals surface area contributed by atoms with Crippen LogP contribution in [0.4, 0.5) is 4.39 Å². The Morgan fingerprint density at radius 1 is 1.29 bits per heavy atom. The first-order valence-electron chi connectivity index (χ1n) is 7.07. The second kappa shape index (κ2) is 8.08. The summed E-state index contributed by atoms with van der Waals surface area (Å²) in [6.45, 7) is 7.34. The minimum absolute atomic E-state index is 0.0339. The molecule has 4 nitrogen and oxygen atoms in total. The van der Waals surface area contributed by atoms with Crippen LogP contribution in [-0.2, 0) is 16.6 Å². The van der Waals surface area contributed by atoms with Gasteiger partial charge in [0.15, 0.2) is 0 Å².